The first-order valence-corrected chi connectivity index (χ1v) is 8.15. The third-order valence-corrected chi connectivity index (χ3v) is 3.80. The number of Topliss-reactive ketones (excluding diaryl/α,β-unsaturated/α-hetero) is 1. The number of carbonyl (C=O) groups excluding carboxylic acids is 1. The normalized spacial score (nSPS) is 19.7. The van der Waals surface area contributed by atoms with Crippen molar-refractivity contribution in [1.29, 1.82) is 0 Å². The van der Waals surface area contributed by atoms with Crippen LogP contribution in [0.2, 0.25) is 0 Å². The summed E-state index contributed by atoms with van der Waals surface area (Å²) >= 11 is 0. The van der Waals surface area contributed by atoms with Crippen LogP contribution in [0.5, 0.6) is 0 Å². The molecule has 0 bridgehead atoms. The third kappa shape index (κ3) is 5.67. The van der Waals surface area contributed by atoms with Gasteiger partial charge < -0.3 is 14.5 Å². The van der Waals surface area contributed by atoms with Gasteiger partial charge in [-0.1, -0.05) is 24.8 Å². The van der Waals surface area contributed by atoms with Crippen LogP contribution in [0, 0.1) is 0 Å². The summed E-state index contributed by atoms with van der Waals surface area (Å²) in [6.07, 6.45) is 6.53. The highest BCUT2D eigenvalue weighted by atomic mass is 16.5. The molecule has 0 fully saturated rings. The molecule has 0 saturated heterocycles. The molecule has 5 heteroatoms. The number of hydrogen-bond donors (Lipinski definition) is 0. The van der Waals surface area contributed by atoms with Gasteiger partial charge in [-0.15, -0.1) is 0 Å². The van der Waals surface area contributed by atoms with Crippen molar-refractivity contribution in [2.45, 2.75) is 27.2 Å². The molecule has 0 spiro atoms. The standard InChI is InChI=1S/C18H29N3O2/c1-6-20(12-13-23-5)18-19-14-17(16(4)22)11-9-8-10-15(3)21(18)7-2/h8-9,11H,3,6-7,10,12-14H2,1-2,4-5H3/b9-8-,17-11+,19-18?. The minimum Gasteiger partial charge on any atom is -0.383 e. The van der Waals surface area contributed by atoms with E-state index in [0.717, 1.165) is 37.7 Å². The largest absolute Gasteiger partial charge is 0.383 e. The molecule has 0 saturated carbocycles. The molecule has 128 valence electrons. The average molecular weight is 319 g/mol. The number of aliphatic imine (C=N–C) groups is 1. The number of hydrogen-bond acceptors (Lipinski definition) is 5. The minimum atomic E-state index is 0.0557. The lowest BCUT2D eigenvalue weighted by atomic mass is 10.1. The second kappa shape index (κ2) is 10.0. The van der Waals surface area contributed by atoms with Gasteiger partial charge in [-0.2, -0.15) is 0 Å². The summed E-state index contributed by atoms with van der Waals surface area (Å²) in [7, 11) is 1.70. The molecule has 0 aliphatic carbocycles. The van der Waals surface area contributed by atoms with E-state index in [2.05, 4.69) is 30.2 Å². The van der Waals surface area contributed by atoms with Crippen molar-refractivity contribution < 1.29 is 9.53 Å². The topological polar surface area (TPSA) is 45.1 Å². The number of rotatable bonds is 6. The van der Waals surface area contributed by atoms with Crippen molar-refractivity contribution >= 4 is 11.7 Å². The van der Waals surface area contributed by atoms with Gasteiger partial charge in [0.2, 0.25) is 5.96 Å². The number of carbonyl (C=O) groups is 1. The maximum Gasteiger partial charge on any atom is 0.201 e. The van der Waals surface area contributed by atoms with Gasteiger partial charge in [-0.25, -0.2) is 4.99 Å². The van der Waals surface area contributed by atoms with Crippen molar-refractivity contribution in [3.63, 3.8) is 0 Å². The fourth-order valence-electron chi connectivity index (χ4n) is 2.40. The van der Waals surface area contributed by atoms with Gasteiger partial charge in [0, 0.05) is 44.4 Å². The molecule has 0 unspecified atom stereocenters. The zero-order chi connectivity index (χ0) is 17.2. The Balaban J connectivity index is 3.20. The number of allylic oxidation sites excluding steroid dienone is 3. The summed E-state index contributed by atoms with van der Waals surface area (Å²) in [6.45, 7) is 13.3. The van der Waals surface area contributed by atoms with E-state index in [1.165, 1.54) is 0 Å². The Kier molecular flexibility index (Phi) is 8.33. The highest BCUT2D eigenvalue weighted by Gasteiger charge is 2.19. The Labute approximate surface area is 140 Å². The van der Waals surface area contributed by atoms with E-state index < -0.39 is 0 Å². The van der Waals surface area contributed by atoms with E-state index in [0.29, 0.717) is 18.7 Å². The van der Waals surface area contributed by atoms with Crippen LogP contribution >= 0.6 is 0 Å². The fourth-order valence-corrected chi connectivity index (χ4v) is 2.40. The molecule has 23 heavy (non-hydrogen) atoms. The Morgan fingerprint density at radius 2 is 2.22 bits per heavy atom. The van der Waals surface area contributed by atoms with Crippen molar-refractivity contribution in [2.24, 2.45) is 4.99 Å². The SMILES string of the molecule is C=C1C/C=C\C=C(\C(C)=O)CN=C(N(CC)CCOC)N1CC. The van der Waals surface area contributed by atoms with Crippen LogP contribution in [0.15, 0.2) is 41.1 Å². The lowest BCUT2D eigenvalue weighted by molar-refractivity contribution is -0.113. The van der Waals surface area contributed by atoms with Crippen LogP contribution < -0.4 is 0 Å². The molecule has 0 aromatic carbocycles. The summed E-state index contributed by atoms with van der Waals surface area (Å²) in [5.41, 5.74) is 1.71. The average Bonchev–Trinajstić information content (AvgIpc) is 2.53. The molecular formula is C18H29N3O2. The van der Waals surface area contributed by atoms with E-state index >= 15 is 0 Å². The number of nitrogens with zero attached hydrogens (tertiary/aromatic N) is 3. The summed E-state index contributed by atoms with van der Waals surface area (Å²) in [5, 5.41) is 0. The zero-order valence-corrected chi connectivity index (χ0v) is 14.8. The third-order valence-electron chi connectivity index (χ3n) is 3.80. The first-order valence-electron chi connectivity index (χ1n) is 8.15. The summed E-state index contributed by atoms with van der Waals surface area (Å²) in [4.78, 5) is 20.8. The van der Waals surface area contributed by atoms with Gasteiger partial charge in [0.25, 0.3) is 0 Å². The molecule has 0 N–H and O–H groups in total. The fraction of sp³-hybridized carbons (Fsp3) is 0.556. The van der Waals surface area contributed by atoms with Crippen LogP contribution in [0.25, 0.3) is 0 Å². The molecule has 0 aromatic rings. The van der Waals surface area contributed by atoms with Crippen molar-refractivity contribution in [3.8, 4) is 0 Å². The summed E-state index contributed by atoms with van der Waals surface area (Å²) in [5.74, 6) is 0.916. The first kappa shape index (κ1) is 19.2. The lowest BCUT2D eigenvalue weighted by Gasteiger charge is -2.34. The smallest absolute Gasteiger partial charge is 0.201 e. The van der Waals surface area contributed by atoms with E-state index in [4.69, 9.17) is 9.73 Å². The van der Waals surface area contributed by atoms with E-state index in [9.17, 15) is 4.79 Å². The van der Waals surface area contributed by atoms with Crippen LogP contribution in [0.4, 0.5) is 0 Å². The molecule has 0 aromatic heterocycles. The van der Waals surface area contributed by atoms with Crippen molar-refractivity contribution in [2.75, 3.05) is 39.9 Å². The van der Waals surface area contributed by atoms with Gasteiger partial charge in [-0.3, -0.25) is 4.79 Å². The molecule has 0 atom stereocenters. The molecule has 1 rings (SSSR count). The van der Waals surface area contributed by atoms with E-state index in [1.54, 1.807) is 14.0 Å². The maximum absolute atomic E-state index is 11.8. The molecule has 1 heterocycles. The number of methoxy groups -OCH3 is 1. The molecular weight excluding hydrogens is 290 g/mol. The highest BCUT2D eigenvalue weighted by Crippen LogP contribution is 2.14. The van der Waals surface area contributed by atoms with Gasteiger partial charge in [0.15, 0.2) is 5.78 Å². The Bertz CT molecular complexity index is 506. The second-order valence-electron chi connectivity index (χ2n) is 5.38. The lowest BCUT2D eigenvalue weighted by Crippen LogP contribution is -2.45. The second-order valence-corrected chi connectivity index (χ2v) is 5.38. The molecule has 1 aliphatic heterocycles. The van der Waals surface area contributed by atoms with Crippen molar-refractivity contribution in [1.82, 2.24) is 9.80 Å². The molecule has 5 nitrogen and oxygen atoms in total. The zero-order valence-electron chi connectivity index (χ0n) is 14.8. The Morgan fingerprint density at radius 1 is 1.48 bits per heavy atom. The molecule has 0 amide bonds. The van der Waals surface area contributed by atoms with Crippen molar-refractivity contribution in [3.05, 3.63) is 36.1 Å². The van der Waals surface area contributed by atoms with Crippen LogP contribution in [-0.4, -0.2) is 61.4 Å². The Morgan fingerprint density at radius 3 is 2.78 bits per heavy atom. The number of ether oxygens (including phenoxy) is 1. The van der Waals surface area contributed by atoms with Gasteiger partial charge in [0.05, 0.1) is 13.2 Å². The Hall–Kier alpha value is -1.88. The van der Waals surface area contributed by atoms with Crippen LogP contribution in [0.1, 0.15) is 27.2 Å². The van der Waals surface area contributed by atoms with Crippen LogP contribution in [-0.2, 0) is 9.53 Å². The highest BCUT2D eigenvalue weighted by molar-refractivity contribution is 5.94. The van der Waals surface area contributed by atoms with Crippen LogP contribution in [0.3, 0.4) is 0 Å². The van der Waals surface area contributed by atoms with E-state index in [1.807, 2.05) is 18.2 Å². The van der Waals surface area contributed by atoms with Gasteiger partial charge >= 0.3 is 0 Å². The van der Waals surface area contributed by atoms with E-state index in [-0.39, 0.29) is 5.78 Å². The first-order chi connectivity index (χ1) is 11.0. The quantitative estimate of drug-likeness (QED) is 0.755. The monoisotopic (exact) mass is 319 g/mol. The molecule has 0 radical (unpaired) electrons. The number of guanidine groups is 1. The predicted octanol–water partition coefficient (Wildman–Crippen LogP) is 2.62. The summed E-state index contributed by atoms with van der Waals surface area (Å²) in [6, 6.07) is 0. The van der Waals surface area contributed by atoms with Gasteiger partial charge in [-0.05, 0) is 20.8 Å². The number of likely N-dealkylation sites (N-methyl/N-ethyl adjacent to an activating group) is 1. The van der Waals surface area contributed by atoms with Gasteiger partial charge in [0.1, 0.15) is 0 Å². The summed E-state index contributed by atoms with van der Waals surface area (Å²) < 4.78 is 5.21. The maximum atomic E-state index is 11.8. The molecule has 1 aliphatic rings. The minimum absolute atomic E-state index is 0.0557. The predicted molar refractivity (Wildman–Crippen MR) is 95.5 cm³/mol. The number of ketones is 1.